The largest absolute Gasteiger partial charge is 0.478 e. The molecule has 8 atom stereocenters. The smallest absolute Gasteiger partial charge is 0.335 e. The van der Waals surface area contributed by atoms with E-state index in [1.165, 1.54) is 103 Å². The van der Waals surface area contributed by atoms with E-state index in [2.05, 4.69) is 42.5 Å². The Morgan fingerprint density at radius 2 is 0.453 bits per heavy atom. The van der Waals surface area contributed by atoms with Crippen molar-refractivity contribution in [1.82, 2.24) is 42.5 Å². The number of nitrogens with one attached hydrogen (secondary N) is 8. The van der Waals surface area contributed by atoms with E-state index in [0.29, 0.717) is 49.3 Å². The van der Waals surface area contributed by atoms with Crippen LogP contribution in [0.15, 0.2) is 36.4 Å². The van der Waals surface area contributed by atoms with Gasteiger partial charge in [0.15, 0.2) is 0 Å². The monoisotopic (exact) mass is 883 g/mol. The van der Waals surface area contributed by atoms with Crippen LogP contribution in [0, 0.1) is 47.3 Å². The van der Waals surface area contributed by atoms with Gasteiger partial charge in [0.1, 0.15) is 0 Å². The third-order valence-corrected chi connectivity index (χ3v) is 17.0. The van der Waals surface area contributed by atoms with Crippen molar-refractivity contribution in [2.24, 2.45) is 47.3 Å². The SMILES string of the molecule is C1CCC2C3NC(NC4NC(NC5NC(NC6NC(N3)C3CCCCC63)C3CCCCC53)C3CCCCC43)C2C1.O=C(O)c1cc(C(=O)O)cc(-c2cc(C(=O)O)cc(C(=O)O)c2)c1. The second-order valence-electron chi connectivity index (χ2n) is 20.4. The molecule has 0 amide bonds. The molecule has 5 aliphatic heterocycles. The zero-order valence-electron chi connectivity index (χ0n) is 36.4. The van der Waals surface area contributed by atoms with Crippen LogP contribution >= 0.6 is 0 Å². The molecule has 64 heavy (non-hydrogen) atoms. The van der Waals surface area contributed by atoms with Crippen molar-refractivity contribution in [1.29, 1.82) is 0 Å². The quantitative estimate of drug-likeness (QED) is 0.194. The minimum Gasteiger partial charge on any atom is -0.478 e. The van der Waals surface area contributed by atoms with E-state index in [4.69, 9.17) is 20.4 Å². The lowest BCUT2D eigenvalue weighted by molar-refractivity contribution is 0.0676. The molecule has 4 aliphatic carbocycles. The van der Waals surface area contributed by atoms with E-state index in [1.807, 2.05) is 0 Å². The molecule has 16 nitrogen and oxygen atoms in total. The van der Waals surface area contributed by atoms with Crippen molar-refractivity contribution in [3.05, 3.63) is 58.7 Å². The number of carbonyl (C=O) groups is 4. The highest BCUT2D eigenvalue weighted by molar-refractivity contribution is 5.99. The number of aromatic carboxylic acids is 4. The van der Waals surface area contributed by atoms with Gasteiger partial charge in [0.05, 0.1) is 71.6 Å². The normalized spacial score (nSPS) is 39.8. The summed E-state index contributed by atoms with van der Waals surface area (Å²) in [5.74, 6) is 0.497. The first-order valence-corrected chi connectivity index (χ1v) is 24.3. The van der Waals surface area contributed by atoms with Crippen LogP contribution in [0.3, 0.4) is 0 Å². The first-order chi connectivity index (χ1) is 31.0. The molecule has 0 aromatic heterocycles. The molecule has 9 aliphatic rings. The summed E-state index contributed by atoms with van der Waals surface area (Å²) in [5, 5.41) is 70.1. The lowest BCUT2D eigenvalue weighted by atomic mass is 9.76. The van der Waals surface area contributed by atoms with Crippen LogP contribution in [-0.2, 0) is 0 Å². The van der Waals surface area contributed by atoms with Crippen LogP contribution in [0.1, 0.15) is 144 Å². The highest BCUT2D eigenvalue weighted by Gasteiger charge is 2.54. The predicted octanol–water partition coefficient (Wildman–Crippen LogP) is 4.75. The average molecular weight is 883 g/mol. The van der Waals surface area contributed by atoms with Gasteiger partial charge < -0.3 is 20.4 Å². The summed E-state index contributed by atoms with van der Waals surface area (Å²) < 4.78 is 0. The third kappa shape index (κ3) is 8.60. The Hall–Kier alpha value is -4.00. The fraction of sp³-hybridized carbons (Fsp3) is 0.667. The Bertz CT molecular complexity index is 1760. The van der Waals surface area contributed by atoms with Crippen molar-refractivity contribution in [3.63, 3.8) is 0 Å². The van der Waals surface area contributed by atoms with E-state index < -0.39 is 23.9 Å². The first kappa shape index (κ1) is 43.9. The summed E-state index contributed by atoms with van der Waals surface area (Å²) >= 11 is 0. The van der Waals surface area contributed by atoms with Gasteiger partial charge in [-0.1, -0.05) is 51.4 Å². The molecule has 2 aromatic rings. The Balaban J connectivity index is 0.000000174. The molecule has 11 rings (SSSR count). The summed E-state index contributed by atoms with van der Waals surface area (Å²) in [6.07, 6.45) is 25.6. The Morgan fingerprint density at radius 3 is 0.594 bits per heavy atom. The summed E-state index contributed by atoms with van der Waals surface area (Å²) in [4.78, 5) is 44.5. The number of carboxylic acids is 4. The maximum atomic E-state index is 11.1. The summed E-state index contributed by atoms with van der Waals surface area (Å²) in [6.45, 7) is 0. The molecule has 5 saturated heterocycles. The Morgan fingerprint density at radius 1 is 0.297 bits per heavy atom. The number of hydrogen-bond acceptors (Lipinski definition) is 12. The van der Waals surface area contributed by atoms with Gasteiger partial charge in [0.25, 0.3) is 0 Å². The van der Waals surface area contributed by atoms with E-state index in [-0.39, 0.29) is 33.4 Å². The first-order valence-electron chi connectivity index (χ1n) is 24.3. The molecule has 8 bridgehead atoms. The van der Waals surface area contributed by atoms with Gasteiger partial charge >= 0.3 is 23.9 Å². The second-order valence-corrected chi connectivity index (χ2v) is 20.4. The highest BCUT2D eigenvalue weighted by Crippen LogP contribution is 2.45. The number of benzene rings is 2. The Kier molecular flexibility index (Phi) is 12.6. The maximum Gasteiger partial charge on any atom is 0.335 e. The molecule has 16 heteroatoms. The third-order valence-electron chi connectivity index (χ3n) is 17.0. The topological polar surface area (TPSA) is 245 Å². The van der Waals surface area contributed by atoms with E-state index in [1.54, 1.807) is 0 Å². The maximum absolute atomic E-state index is 11.1. The number of carboxylic acid groups (broad SMARTS) is 4. The lowest BCUT2D eigenvalue weighted by Crippen LogP contribution is -2.61. The van der Waals surface area contributed by atoms with Crippen LogP contribution in [0.2, 0.25) is 0 Å². The zero-order valence-corrected chi connectivity index (χ0v) is 36.4. The van der Waals surface area contributed by atoms with Crippen LogP contribution in [0.25, 0.3) is 11.1 Å². The van der Waals surface area contributed by atoms with Gasteiger partial charge in [-0.15, -0.1) is 0 Å². The fourth-order valence-electron chi connectivity index (χ4n) is 14.1. The van der Waals surface area contributed by atoms with Gasteiger partial charge in [-0.05, 0) is 146 Å². The molecule has 0 spiro atoms. The average Bonchev–Trinajstić information content (AvgIpc) is 4.05. The van der Waals surface area contributed by atoms with E-state index in [0.717, 1.165) is 83.7 Å². The van der Waals surface area contributed by atoms with Gasteiger partial charge in [0.2, 0.25) is 0 Å². The molecule has 12 N–H and O–H groups in total. The Labute approximate surface area is 374 Å². The van der Waals surface area contributed by atoms with Crippen molar-refractivity contribution in [3.8, 4) is 11.1 Å². The van der Waals surface area contributed by atoms with E-state index >= 15 is 0 Å². The van der Waals surface area contributed by atoms with Crippen molar-refractivity contribution in [2.75, 3.05) is 0 Å². The minimum atomic E-state index is -1.37. The van der Waals surface area contributed by atoms with Gasteiger partial charge in [-0.2, -0.15) is 0 Å². The standard InChI is InChI=1S/C32H56N8.C16H10O8/c1-2-10-18-17(9-1)25-33-26(18)38-28-21-13-5-6-14-22(21)30(35-28)40-32-24-16-8-7-15-23(24)31(36-32)39-29-20-12-4-3-11-19(20)27(34-29)37-25;17-13(18)9-1-7(2-10(5-9)14(19)20)8-3-11(15(21)22)6-12(4-8)16(23)24/h17-40H,1-16H2;1-6H,(H,17,18)(H,19,20)(H,21,22)(H,23,24). The lowest BCUT2D eigenvalue weighted by Gasteiger charge is -2.35. The summed E-state index contributed by atoms with van der Waals surface area (Å²) in [7, 11) is 0. The van der Waals surface area contributed by atoms with Crippen molar-refractivity contribution in [2.45, 2.75) is 152 Å². The van der Waals surface area contributed by atoms with Gasteiger partial charge in [0, 0.05) is 0 Å². The van der Waals surface area contributed by atoms with Gasteiger partial charge in [-0.3, -0.25) is 42.5 Å². The molecule has 5 heterocycles. The molecule has 346 valence electrons. The molecular formula is C48H66N8O8. The molecule has 2 aromatic carbocycles. The van der Waals surface area contributed by atoms with Crippen molar-refractivity contribution < 1.29 is 39.6 Å². The molecule has 0 radical (unpaired) electrons. The molecule has 8 unspecified atom stereocenters. The van der Waals surface area contributed by atoms with E-state index in [9.17, 15) is 19.2 Å². The number of hydrogen-bond donors (Lipinski definition) is 12. The second kappa shape index (κ2) is 18.4. The van der Waals surface area contributed by atoms with Gasteiger partial charge in [-0.25, -0.2) is 19.2 Å². The zero-order chi connectivity index (χ0) is 44.2. The fourth-order valence-corrected chi connectivity index (χ4v) is 14.1. The minimum absolute atomic E-state index is 0.0814. The van der Waals surface area contributed by atoms with Crippen LogP contribution in [0.5, 0.6) is 0 Å². The summed E-state index contributed by atoms with van der Waals surface area (Å²) in [5.41, 5.74) is -1.11. The predicted molar refractivity (Wildman–Crippen MR) is 237 cm³/mol. The van der Waals surface area contributed by atoms with Crippen LogP contribution in [-0.4, -0.2) is 93.6 Å². The van der Waals surface area contributed by atoms with Crippen molar-refractivity contribution >= 4 is 23.9 Å². The number of rotatable bonds is 5. The van der Waals surface area contributed by atoms with Crippen LogP contribution < -0.4 is 42.5 Å². The van der Waals surface area contributed by atoms with Crippen LogP contribution in [0.4, 0.5) is 0 Å². The molecule has 9 fully saturated rings. The highest BCUT2D eigenvalue weighted by atomic mass is 16.4. The molecular weight excluding hydrogens is 817 g/mol. The number of fused-ring (bicyclic) bond motifs is 20. The molecule has 4 saturated carbocycles. The summed E-state index contributed by atoms with van der Waals surface area (Å²) in [6, 6.07) is 6.46.